The zero-order valence-corrected chi connectivity index (χ0v) is 9.53. The monoisotopic (exact) mass is 226 g/mol. The molecule has 0 aliphatic rings. The van der Waals surface area contributed by atoms with Gasteiger partial charge in [0.1, 0.15) is 0 Å². The molecule has 0 aliphatic carbocycles. The Morgan fingerprint density at radius 3 is 2.27 bits per heavy atom. The van der Waals surface area contributed by atoms with Crippen LogP contribution in [0.1, 0.15) is 26.2 Å². The van der Waals surface area contributed by atoms with Gasteiger partial charge in [-0.15, -0.1) is 0 Å². The van der Waals surface area contributed by atoms with Crippen LogP contribution in [-0.2, 0) is 0 Å². The Kier molecular flexibility index (Phi) is 7.78. The molecule has 15 heavy (non-hydrogen) atoms. The zero-order chi connectivity index (χ0) is 11.7. The van der Waals surface area contributed by atoms with Gasteiger partial charge < -0.3 is 5.32 Å². The van der Waals surface area contributed by atoms with Gasteiger partial charge in [-0.25, -0.2) is 0 Å². The molecule has 0 rings (SSSR count). The fraction of sp³-hybridized carbons (Fsp3) is 1.00. The number of hydrogen-bond acceptors (Lipinski definition) is 2. The standard InChI is InChI=1S/C10H21F3N2/c1-3-15(9-10(11,12)13)8-6-4-5-7-14-2/h14H,3-9H2,1-2H3. The smallest absolute Gasteiger partial charge is 0.320 e. The third-order valence-corrected chi connectivity index (χ3v) is 2.25. The summed E-state index contributed by atoms with van der Waals surface area (Å²) < 4.78 is 36.2. The number of nitrogens with zero attached hydrogens (tertiary/aromatic N) is 1. The number of nitrogens with one attached hydrogen (secondary N) is 1. The highest BCUT2D eigenvalue weighted by atomic mass is 19.4. The second kappa shape index (κ2) is 7.93. The first-order chi connectivity index (χ1) is 6.99. The fourth-order valence-electron chi connectivity index (χ4n) is 1.42. The maximum absolute atomic E-state index is 12.1. The summed E-state index contributed by atoms with van der Waals surface area (Å²) in [6.07, 6.45) is -1.22. The van der Waals surface area contributed by atoms with E-state index in [1.54, 1.807) is 6.92 Å². The Balaban J connectivity index is 3.53. The molecule has 0 aliphatic heterocycles. The van der Waals surface area contributed by atoms with Gasteiger partial charge in [0.2, 0.25) is 0 Å². The quantitative estimate of drug-likeness (QED) is 0.639. The van der Waals surface area contributed by atoms with Crippen LogP contribution in [0.25, 0.3) is 0 Å². The molecule has 0 aromatic rings. The van der Waals surface area contributed by atoms with Gasteiger partial charge in [-0.1, -0.05) is 13.3 Å². The summed E-state index contributed by atoms with van der Waals surface area (Å²) in [7, 11) is 1.88. The van der Waals surface area contributed by atoms with Crippen LogP contribution >= 0.6 is 0 Å². The van der Waals surface area contributed by atoms with Crippen LogP contribution in [0, 0.1) is 0 Å². The van der Waals surface area contributed by atoms with E-state index in [4.69, 9.17) is 0 Å². The maximum atomic E-state index is 12.1. The molecule has 0 fully saturated rings. The van der Waals surface area contributed by atoms with E-state index in [-0.39, 0.29) is 0 Å². The second-order valence-corrected chi connectivity index (χ2v) is 3.65. The third kappa shape index (κ3) is 10.0. The average Bonchev–Trinajstić information content (AvgIpc) is 2.14. The first kappa shape index (κ1) is 14.7. The third-order valence-electron chi connectivity index (χ3n) is 2.25. The Bertz CT molecular complexity index is 148. The minimum absolute atomic E-state index is 0.464. The topological polar surface area (TPSA) is 15.3 Å². The summed E-state index contributed by atoms with van der Waals surface area (Å²) in [4.78, 5) is 1.44. The van der Waals surface area contributed by atoms with Crippen molar-refractivity contribution in [3.05, 3.63) is 0 Å². The van der Waals surface area contributed by atoms with Crippen LogP contribution in [0.3, 0.4) is 0 Å². The zero-order valence-electron chi connectivity index (χ0n) is 9.53. The lowest BCUT2D eigenvalue weighted by molar-refractivity contribution is -0.145. The van der Waals surface area contributed by atoms with Crippen LogP contribution in [0.4, 0.5) is 13.2 Å². The van der Waals surface area contributed by atoms with Gasteiger partial charge in [0, 0.05) is 0 Å². The van der Waals surface area contributed by atoms with E-state index in [2.05, 4.69) is 5.32 Å². The van der Waals surface area contributed by atoms with Crippen molar-refractivity contribution in [1.29, 1.82) is 0 Å². The van der Waals surface area contributed by atoms with Gasteiger partial charge >= 0.3 is 6.18 Å². The van der Waals surface area contributed by atoms with Crippen molar-refractivity contribution in [1.82, 2.24) is 10.2 Å². The molecule has 0 spiro atoms. The molecule has 2 nitrogen and oxygen atoms in total. The van der Waals surface area contributed by atoms with Crippen molar-refractivity contribution in [3.63, 3.8) is 0 Å². The van der Waals surface area contributed by atoms with E-state index < -0.39 is 12.7 Å². The minimum Gasteiger partial charge on any atom is -0.320 e. The normalized spacial score (nSPS) is 12.4. The molecule has 92 valence electrons. The molecule has 0 aromatic carbocycles. The van der Waals surface area contributed by atoms with E-state index in [0.717, 1.165) is 25.8 Å². The van der Waals surface area contributed by atoms with Crippen LogP contribution in [0.15, 0.2) is 0 Å². The number of unbranched alkanes of at least 4 members (excludes halogenated alkanes) is 2. The number of hydrogen-bond donors (Lipinski definition) is 1. The molecule has 1 N–H and O–H groups in total. The van der Waals surface area contributed by atoms with Gasteiger partial charge in [-0.2, -0.15) is 13.2 Å². The van der Waals surface area contributed by atoms with E-state index >= 15 is 0 Å². The molecule has 0 bridgehead atoms. The maximum Gasteiger partial charge on any atom is 0.401 e. The van der Waals surface area contributed by atoms with Crippen LogP contribution in [-0.4, -0.2) is 44.3 Å². The first-order valence-electron chi connectivity index (χ1n) is 5.43. The lowest BCUT2D eigenvalue weighted by atomic mass is 10.2. The molecule has 0 aromatic heterocycles. The second-order valence-electron chi connectivity index (χ2n) is 3.65. The van der Waals surface area contributed by atoms with Gasteiger partial charge in [0.05, 0.1) is 6.54 Å². The summed E-state index contributed by atoms with van der Waals surface area (Å²) in [6, 6.07) is 0. The largest absolute Gasteiger partial charge is 0.401 e. The summed E-state index contributed by atoms with van der Waals surface area (Å²) in [5, 5.41) is 3.01. The van der Waals surface area contributed by atoms with Crippen LogP contribution in [0.5, 0.6) is 0 Å². The minimum atomic E-state index is -4.07. The molecule has 0 saturated heterocycles. The summed E-state index contributed by atoms with van der Waals surface area (Å²) in [6.45, 7) is 2.92. The summed E-state index contributed by atoms with van der Waals surface area (Å²) in [5.41, 5.74) is 0. The highest BCUT2D eigenvalue weighted by Gasteiger charge is 2.29. The molecular weight excluding hydrogens is 205 g/mol. The van der Waals surface area contributed by atoms with Gasteiger partial charge in [0.15, 0.2) is 0 Å². The van der Waals surface area contributed by atoms with Gasteiger partial charge in [-0.05, 0) is 39.5 Å². The molecule has 0 amide bonds. The highest BCUT2D eigenvalue weighted by Crippen LogP contribution is 2.16. The molecule has 0 unspecified atom stereocenters. The van der Waals surface area contributed by atoms with Crippen LogP contribution in [0.2, 0.25) is 0 Å². The van der Waals surface area contributed by atoms with Crippen molar-refractivity contribution < 1.29 is 13.2 Å². The Labute approximate surface area is 89.8 Å². The van der Waals surface area contributed by atoms with Crippen molar-refractivity contribution in [3.8, 4) is 0 Å². The predicted molar refractivity (Wildman–Crippen MR) is 55.9 cm³/mol. The van der Waals surface area contributed by atoms with Gasteiger partial charge in [0.25, 0.3) is 0 Å². The summed E-state index contributed by atoms with van der Waals surface area (Å²) >= 11 is 0. The average molecular weight is 226 g/mol. The SMILES string of the molecule is CCN(CCCCCNC)CC(F)(F)F. The molecular formula is C10H21F3N2. The molecule has 0 saturated carbocycles. The number of alkyl halides is 3. The van der Waals surface area contributed by atoms with Gasteiger partial charge in [-0.3, -0.25) is 4.90 Å². The Morgan fingerprint density at radius 1 is 1.13 bits per heavy atom. The van der Waals surface area contributed by atoms with Crippen molar-refractivity contribution >= 4 is 0 Å². The highest BCUT2D eigenvalue weighted by molar-refractivity contribution is 4.61. The van der Waals surface area contributed by atoms with Crippen molar-refractivity contribution in [2.45, 2.75) is 32.4 Å². The van der Waals surface area contributed by atoms with E-state index in [1.165, 1.54) is 4.90 Å². The Hall–Kier alpha value is -0.290. The van der Waals surface area contributed by atoms with Crippen molar-refractivity contribution in [2.75, 3.05) is 33.2 Å². The first-order valence-corrected chi connectivity index (χ1v) is 5.43. The lowest BCUT2D eigenvalue weighted by Crippen LogP contribution is -2.34. The van der Waals surface area contributed by atoms with E-state index in [9.17, 15) is 13.2 Å². The molecule has 0 heterocycles. The number of halogens is 3. The molecule has 5 heteroatoms. The number of rotatable bonds is 8. The lowest BCUT2D eigenvalue weighted by Gasteiger charge is -2.21. The molecule has 0 atom stereocenters. The summed E-state index contributed by atoms with van der Waals surface area (Å²) in [5.74, 6) is 0. The fourth-order valence-corrected chi connectivity index (χ4v) is 1.42. The Morgan fingerprint density at radius 2 is 1.80 bits per heavy atom. The van der Waals surface area contributed by atoms with Crippen LogP contribution < -0.4 is 5.32 Å². The van der Waals surface area contributed by atoms with Crippen molar-refractivity contribution in [2.24, 2.45) is 0 Å². The van der Waals surface area contributed by atoms with E-state index in [0.29, 0.717) is 13.1 Å². The molecule has 0 radical (unpaired) electrons. The van der Waals surface area contributed by atoms with E-state index in [1.807, 2.05) is 7.05 Å². The predicted octanol–water partition coefficient (Wildman–Crippen LogP) is 2.26.